The largest absolute Gasteiger partial charge is 0.459 e. The number of thioether (sulfide) groups is 1. The van der Waals surface area contributed by atoms with E-state index in [9.17, 15) is 9.59 Å². The molecule has 0 spiro atoms. The van der Waals surface area contributed by atoms with Crippen LogP contribution in [0.15, 0.2) is 65.3 Å². The molecule has 1 saturated heterocycles. The van der Waals surface area contributed by atoms with E-state index < -0.39 is 0 Å². The van der Waals surface area contributed by atoms with E-state index in [0.29, 0.717) is 11.4 Å². The van der Waals surface area contributed by atoms with Gasteiger partial charge in [-0.15, -0.1) is 11.8 Å². The van der Waals surface area contributed by atoms with Crippen LogP contribution in [0.2, 0.25) is 0 Å². The second kappa shape index (κ2) is 7.56. The first-order valence-electron chi connectivity index (χ1n) is 8.99. The minimum Gasteiger partial charge on any atom is -0.459 e. The normalized spacial score (nSPS) is 16.4. The summed E-state index contributed by atoms with van der Waals surface area (Å²) in [7, 11) is 0. The van der Waals surface area contributed by atoms with Crippen LogP contribution in [0, 0.1) is 13.8 Å². The number of anilines is 2. The molecular formula is C22H20N2O3S. The lowest BCUT2D eigenvalue weighted by molar-refractivity contribution is -0.115. The van der Waals surface area contributed by atoms with Crippen LogP contribution in [-0.4, -0.2) is 17.6 Å². The number of rotatable bonds is 4. The molecule has 4 rings (SSSR count). The summed E-state index contributed by atoms with van der Waals surface area (Å²) < 4.78 is 5.18. The van der Waals surface area contributed by atoms with Gasteiger partial charge in [-0.1, -0.05) is 24.3 Å². The van der Waals surface area contributed by atoms with Gasteiger partial charge in [0.2, 0.25) is 5.91 Å². The molecule has 1 fully saturated rings. The zero-order valence-corrected chi connectivity index (χ0v) is 16.5. The Bertz CT molecular complexity index is 1030. The summed E-state index contributed by atoms with van der Waals surface area (Å²) in [6.07, 6.45) is 1.47. The second-order valence-electron chi connectivity index (χ2n) is 6.71. The third kappa shape index (κ3) is 3.43. The molecule has 1 atom stereocenters. The quantitative estimate of drug-likeness (QED) is 0.684. The van der Waals surface area contributed by atoms with Crippen LogP contribution in [-0.2, 0) is 4.79 Å². The van der Waals surface area contributed by atoms with Gasteiger partial charge in [-0.3, -0.25) is 14.5 Å². The molecule has 5 nitrogen and oxygen atoms in total. The van der Waals surface area contributed by atoms with Crippen LogP contribution < -0.4 is 10.2 Å². The molecule has 0 radical (unpaired) electrons. The Morgan fingerprint density at radius 3 is 2.68 bits per heavy atom. The van der Waals surface area contributed by atoms with Gasteiger partial charge in [0, 0.05) is 16.9 Å². The predicted octanol–water partition coefficient (Wildman–Crippen LogP) is 4.93. The van der Waals surface area contributed by atoms with Gasteiger partial charge in [0.25, 0.3) is 5.91 Å². The minimum atomic E-state index is -0.315. The van der Waals surface area contributed by atoms with Crippen molar-refractivity contribution in [3.63, 3.8) is 0 Å². The topological polar surface area (TPSA) is 62.6 Å². The van der Waals surface area contributed by atoms with Crippen LogP contribution in [0.1, 0.15) is 32.6 Å². The van der Waals surface area contributed by atoms with E-state index in [4.69, 9.17) is 4.42 Å². The van der Waals surface area contributed by atoms with Crippen LogP contribution in [0.25, 0.3) is 0 Å². The molecule has 3 aromatic rings. The molecule has 28 heavy (non-hydrogen) atoms. The summed E-state index contributed by atoms with van der Waals surface area (Å²) in [5, 5.41) is 2.71. The molecule has 6 heteroatoms. The maximum atomic E-state index is 12.7. The van der Waals surface area contributed by atoms with E-state index in [0.717, 1.165) is 16.8 Å². The maximum Gasteiger partial charge on any atom is 0.291 e. The zero-order valence-electron chi connectivity index (χ0n) is 15.6. The fourth-order valence-electron chi connectivity index (χ4n) is 3.23. The van der Waals surface area contributed by atoms with Gasteiger partial charge in [0.15, 0.2) is 5.76 Å². The number of para-hydroxylation sites is 1. The van der Waals surface area contributed by atoms with Gasteiger partial charge in [0.05, 0.1) is 12.0 Å². The fourth-order valence-corrected chi connectivity index (χ4v) is 4.44. The Labute approximate surface area is 167 Å². The molecule has 1 aliphatic heterocycles. The van der Waals surface area contributed by atoms with Crippen molar-refractivity contribution in [3.8, 4) is 0 Å². The number of carbonyl (C=O) groups excluding carboxylic acids is 2. The number of carbonyl (C=O) groups is 2. The number of benzene rings is 2. The highest BCUT2D eigenvalue weighted by Gasteiger charge is 2.35. The fraction of sp³-hybridized carbons (Fsp3) is 0.182. The van der Waals surface area contributed by atoms with Crippen molar-refractivity contribution < 1.29 is 14.0 Å². The van der Waals surface area contributed by atoms with Gasteiger partial charge in [-0.2, -0.15) is 0 Å². The monoisotopic (exact) mass is 392 g/mol. The van der Waals surface area contributed by atoms with Crippen molar-refractivity contribution in [1.29, 1.82) is 0 Å². The first-order chi connectivity index (χ1) is 13.5. The molecule has 0 aliphatic carbocycles. The average Bonchev–Trinajstić information content (AvgIpc) is 3.35. The van der Waals surface area contributed by atoms with E-state index in [2.05, 4.69) is 12.2 Å². The lowest BCUT2D eigenvalue weighted by Crippen LogP contribution is -2.28. The summed E-state index contributed by atoms with van der Waals surface area (Å²) in [4.78, 5) is 26.9. The first kappa shape index (κ1) is 18.4. The van der Waals surface area contributed by atoms with E-state index in [1.807, 2.05) is 54.3 Å². The summed E-state index contributed by atoms with van der Waals surface area (Å²) >= 11 is 1.56. The number of furan rings is 1. The number of hydrogen-bond donors (Lipinski definition) is 1. The number of aryl methyl sites for hydroxylation is 2. The highest BCUT2D eigenvalue weighted by molar-refractivity contribution is 8.00. The maximum absolute atomic E-state index is 12.7. The Morgan fingerprint density at radius 1 is 1.11 bits per heavy atom. The van der Waals surface area contributed by atoms with Crippen LogP contribution >= 0.6 is 11.8 Å². The predicted molar refractivity (Wildman–Crippen MR) is 112 cm³/mol. The number of amides is 2. The molecule has 2 amide bonds. The summed E-state index contributed by atoms with van der Waals surface area (Å²) in [5.41, 5.74) is 4.75. The Morgan fingerprint density at radius 2 is 1.93 bits per heavy atom. The SMILES string of the molecule is Cc1ccc(N2C(=O)CS[C@@H]2c2ccccc2NC(=O)c2ccco2)cc1C. The lowest BCUT2D eigenvalue weighted by Gasteiger charge is -2.26. The van der Waals surface area contributed by atoms with Crippen LogP contribution in [0.4, 0.5) is 11.4 Å². The molecule has 1 aromatic heterocycles. The van der Waals surface area contributed by atoms with Gasteiger partial charge < -0.3 is 9.73 Å². The third-order valence-corrected chi connectivity index (χ3v) is 6.05. The van der Waals surface area contributed by atoms with Gasteiger partial charge >= 0.3 is 0 Å². The number of nitrogens with zero attached hydrogens (tertiary/aromatic N) is 1. The minimum absolute atomic E-state index is 0.0606. The Kier molecular flexibility index (Phi) is 4.96. The van der Waals surface area contributed by atoms with Crippen molar-refractivity contribution in [3.05, 3.63) is 83.3 Å². The molecule has 142 valence electrons. The highest BCUT2D eigenvalue weighted by atomic mass is 32.2. The van der Waals surface area contributed by atoms with E-state index in [1.54, 1.807) is 23.9 Å². The van der Waals surface area contributed by atoms with E-state index >= 15 is 0 Å². The third-order valence-electron chi connectivity index (χ3n) is 4.86. The van der Waals surface area contributed by atoms with E-state index in [-0.39, 0.29) is 22.9 Å². The van der Waals surface area contributed by atoms with E-state index in [1.165, 1.54) is 11.8 Å². The van der Waals surface area contributed by atoms with Crippen molar-refractivity contribution in [1.82, 2.24) is 0 Å². The lowest BCUT2D eigenvalue weighted by atomic mass is 10.1. The summed E-state index contributed by atoms with van der Waals surface area (Å²) in [5.74, 6) is 0.392. The number of nitrogens with one attached hydrogen (secondary N) is 1. The van der Waals surface area contributed by atoms with Crippen molar-refractivity contribution in [2.75, 3.05) is 16.0 Å². The molecule has 0 saturated carbocycles. The summed E-state index contributed by atoms with van der Waals surface area (Å²) in [6.45, 7) is 4.09. The molecule has 0 unspecified atom stereocenters. The molecule has 1 aliphatic rings. The van der Waals surface area contributed by atoms with Gasteiger partial charge in [0.1, 0.15) is 5.37 Å². The smallest absolute Gasteiger partial charge is 0.291 e. The molecule has 2 heterocycles. The zero-order chi connectivity index (χ0) is 19.7. The van der Waals surface area contributed by atoms with Crippen molar-refractivity contribution >= 4 is 35.0 Å². The van der Waals surface area contributed by atoms with Crippen molar-refractivity contribution in [2.45, 2.75) is 19.2 Å². The molecule has 0 bridgehead atoms. The van der Waals surface area contributed by atoms with Gasteiger partial charge in [-0.05, 0) is 55.3 Å². The average molecular weight is 392 g/mol. The molecule has 1 N–H and O–H groups in total. The molecule has 2 aromatic carbocycles. The van der Waals surface area contributed by atoms with Crippen LogP contribution in [0.5, 0.6) is 0 Å². The Hall–Kier alpha value is -2.99. The first-order valence-corrected chi connectivity index (χ1v) is 10.0. The number of hydrogen-bond acceptors (Lipinski definition) is 4. The second-order valence-corrected chi connectivity index (χ2v) is 7.78. The van der Waals surface area contributed by atoms with Gasteiger partial charge in [-0.25, -0.2) is 0 Å². The summed E-state index contributed by atoms with van der Waals surface area (Å²) in [6, 6.07) is 16.9. The Balaban J connectivity index is 1.68. The molecular weight excluding hydrogens is 372 g/mol. The highest BCUT2D eigenvalue weighted by Crippen LogP contribution is 2.44. The standard InChI is InChI=1S/C22H20N2O3S/c1-14-9-10-16(12-15(14)2)24-20(25)13-28-22(24)17-6-3-4-7-18(17)23-21(26)19-8-5-11-27-19/h3-12,22H,13H2,1-2H3,(H,23,26)/t22-/m1/s1. The van der Waals surface area contributed by atoms with Crippen LogP contribution in [0.3, 0.4) is 0 Å². The van der Waals surface area contributed by atoms with Crippen molar-refractivity contribution in [2.24, 2.45) is 0 Å².